The number of halogens is 1. The molecule has 1 aliphatic heterocycles. The summed E-state index contributed by atoms with van der Waals surface area (Å²) in [5.74, 6) is -0.789. The highest BCUT2D eigenvalue weighted by Crippen LogP contribution is 2.40. The van der Waals surface area contributed by atoms with Crippen molar-refractivity contribution in [2.24, 2.45) is 4.99 Å². The minimum absolute atomic E-state index is 0.105. The standard InChI is InChI=1S/C25H24ClNO5S/c1-3-9-21(28)27-24-22(25(30)31-4-2)23(29)20(33-24)14-16-10-6-8-13-19(16)32-15-17-11-5-7-12-18(17)26/h5-8,10-14,29H,3-4,9,15H2,1-2H3/b20-14-,27-24?. The van der Waals surface area contributed by atoms with Gasteiger partial charge in [-0.2, -0.15) is 0 Å². The van der Waals surface area contributed by atoms with Gasteiger partial charge in [-0.05, 0) is 31.6 Å². The van der Waals surface area contributed by atoms with Crippen molar-refractivity contribution < 1.29 is 24.2 Å². The molecule has 0 aromatic heterocycles. The molecule has 8 heteroatoms. The molecule has 33 heavy (non-hydrogen) atoms. The van der Waals surface area contributed by atoms with Gasteiger partial charge in [-0.1, -0.05) is 66.7 Å². The van der Waals surface area contributed by atoms with Crippen molar-refractivity contribution in [1.29, 1.82) is 0 Å². The van der Waals surface area contributed by atoms with Crippen LogP contribution in [0.1, 0.15) is 37.8 Å². The predicted octanol–water partition coefficient (Wildman–Crippen LogP) is 6.11. The van der Waals surface area contributed by atoms with Gasteiger partial charge in [-0.25, -0.2) is 9.79 Å². The molecule has 6 nitrogen and oxygen atoms in total. The largest absolute Gasteiger partial charge is 0.506 e. The summed E-state index contributed by atoms with van der Waals surface area (Å²) in [6, 6.07) is 14.7. The van der Waals surface area contributed by atoms with Crippen LogP contribution in [0.25, 0.3) is 6.08 Å². The number of carbonyl (C=O) groups is 2. The van der Waals surface area contributed by atoms with Crippen LogP contribution in [0, 0.1) is 0 Å². The molecule has 1 amide bonds. The molecule has 2 aromatic rings. The molecule has 3 rings (SSSR count). The summed E-state index contributed by atoms with van der Waals surface area (Å²) in [6.45, 7) is 3.93. The number of ether oxygens (including phenoxy) is 2. The monoisotopic (exact) mass is 485 g/mol. The number of amides is 1. The van der Waals surface area contributed by atoms with Crippen LogP contribution in [0.3, 0.4) is 0 Å². The number of rotatable bonds is 8. The Balaban J connectivity index is 1.93. The number of esters is 1. The van der Waals surface area contributed by atoms with E-state index in [2.05, 4.69) is 4.99 Å². The lowest BCUT2D eigenvalue weighted by atomic mass is 10.1. The number of carbonyl (C=O) groups excluding carboxylic acids is 2. The summed E-state index contributed by atoms with van der Waals surface area (Å²) in [4.78, 5) is 28.9. The summed E-state index contributed by atoms with van der Waals surface area (Å²) in [7, 11) is 0. The highest BCUT2D eigenvalue weighted by molar-refractivity contribution is 8.18. The number of aliphatic hydroxyl groups is 1. The van der Waals surface area contributed by atoms with E-state index in [1.54, 1.807) is 25.1 Å². The van der Waals surface area contributed by atoms with Crippen molar-refractivity contribution in [3.63, 3.8) is 0 Å². The average molecular weight is 486 g/mol. The molecule has 0 radical (unpaired) electrons. The highest BCUT2D eigenvalue weighted by atomic mass is 35.5. The van der Waals surface area contributed by atoms with Crippen molar-refractivity contribution in [2.45, 2.75) is 33.3 Å². The third-order valence-corrected chi connectivity index (χ3v) is 6.00. The first kappa shape index (κ1) is 24.6. The maximum Gasteiger partial charge on any atom is 0.344 e. The second-order valence-electron chi connectivity index (χ2n) is 7.03. The molecule has 1 heterocycles. The molecule has 0 saturated heterocycles. The lowest BCUT2D eigenvalue weighted by molar-refractivity contribution is -0.138. The van der Waals surface area contributed by atoms with Crippen LogP contribution in [0.2, 0.25) is 5.02 Å². The van der Waals surface area contributed by atoms with E-state index in [-0.39, 0.29) is 41.9 Å². The first-order valence-corrected chi connectivity index (χ1v) is 11.7. The van der Waals surface area contributed by atoms with Gasteiger partial charge in [0.15, 0.2) is 0 Å². The zero-order valence-electron chi connectivity index (χ0n) is 18.3. The van der Waals surface area contributed by atoms with Gasteiger partial charge in [-0.3, -0.25) is 4.79 Å². The third kappa shape index (κ3) is 6.27. The van der Waals surface area contributed by atoms with Crippen molar-refractivity contribution in [3.05, 3.63) is 80.9 Å². The fourth-order valence-electron chi connectivity index (χ4n) is 3.02. The highest BCUT2D eigenvalue weighted by Gasteiger charge is 2.33. The molecule has 2 aromatic carbocycles. The lowest BCUT2D eigenvalue weighted by Gasteiger charge is -2.11. The Bertz CT molecular complexity index is 1140. The average Bonchev–Trinajstić information content (AvgIpc) is 3.09. The van der Waals surface area contributed by atoms with Crippen LogP contribution in [-0.2, 0) is 20.9 Å². The molecule has 0 atom stereocenters. The summed E-state index contributed by atoms with van der Waals surface area (Å²) < 4.78 is 11.0. The molecule has 0 spiro atoms. The van der Waals surface area contributed by atoms with Gasteiger partial charge in [0, 0.05) is 22.6 Å². The van der Waals surface area contributed by atoms with E-state index in [0.717, 1.165) is 17.3 Å². The molecule has 0 unspecified atom stereocenters. The van der Waals surface area contributed by atoms with Crippen molar-refractivity contribution in [2.75, 3.05) is 6.61 Å². The smallest absolute Gasteiger partial charge is 0.344 e. The van der Waals surface area contributed by atoms with E-state index in [9.17, 15) is 14.7 Å². The van der Waals surface area contributed by atoms with E-state index in [1.807, 2.05) is 43.3 Å². The fourth-order valence-corrected chi connectivity index (χ4v) is 4.23. The SMILES string of the molecule is CCCC(=O)N=C1S/C(=C\c2ccccc2OCc2ccccc2Cl)C(O)=C1C(=O)OCC. The number of hydrogen-bond acceptors (Lipinski definition) is 6. The minimum Gasteiger partial charge on any atom is -0.506 e. The summed E-state index contributed by atoms with van der Waals surface area (Å²) >= 11 is 7.26. The maximum absolute atomic E-state index is 12.5. The topological polar surface area (TPSA) is 85.2 Å². The van der Waals surface area contributed by atoms with E-state index in [0.29, 0.717) is 27.7 Å². The molecular weight excluding hydrogens is 462 g/mol. The van der Waals surface area contributed by atoms with Gasteiger partial charge in [0.25, 0.3) is 0 Å². The van der Waals surface area contributed by atoms with Crippen LogP contribution < -0.4 is 4.74 Å². The molecule has 0 fully saturated rings. The number of aliphatic imine (C=N–C) groups is 1. The lowest BCUT2D eigenvalue weighted by Crippen LogP contribution is -2.14. The van der Waals surface area contributed by atoms with E-state index < -0.39 is 5.97 Å². The van der Waals surface area contributed by atoms with Gasteiger partial charge in [0.2, 0.25) is 5.91 Å². The molecule has 0 saturated carbocycles. The normalized spacial score (nSPS) is 15.8. The van der Waals surface area contributed by atoms with E-state index >= 15 is 0 Å². The predicted molar refractivity (Wildman–Crippen MR) is 131 cm³/mol. The maximum atomic E-state index is 12.5. The van der Waals surface area contributed by atoms with Crippen molar-refractivity contribution >= 4 is 46.4 Å². The van der Waals surface area contributed by atoms with Crippen LogP contribution in [-0.4, -0.2) is 28.6 Å². The molecule has 0 aliphatic carbocycles. The fraction of sp³-hybridized carbons (Fsp3) is 0.240. The Morgan fingerprint density at radius 2 is 1.85 bits per heavy atom. The van der Waals surface area contributed by atoms with Gasteiger partial charge in [0.05, 0.1) is 11.5 Å². The van der Waals surface area contributed by atoms with Gasteiger partial charge in [0.1, 0.15) is 28.7 Å². The summed E-state index contributed by atoms with van der Waals surface area (Å²) in [5.41, 5.74) is 1.42. The molecule has 1 N–H and O–H groups in total. The number of nitrogens with zero attached hydrogens (tertiary/aromatic N) is 1. The van der Waals surface area contributed by atoms with E-state index in [4.69, 9.17) is 21.1 Å². The van der Waals surface area contributed by atoms with Gasteiger partial charge < -0.3 is 14.6 Å². The number of aliphatic hydroxyl groups excluding tert-OH is 1. The molecule has 1 aliphatic rings. The van der Waals surface area contributed by atoms with Crippen LogP contribution in [0.15, 0.2) is 69.8 Å². The Hall–Kier alpha value is -3.03. The van der Waals surface area contributed by atoms with Crippen LogP contribution in [0.4, 0.5) is 0 Å². The number of para-hydroxylation sites is 1. The number of hydrogen-bond donors (Lipinski definition) is 1. The third-order valence-electron chi connectivity index (χ3n) is 4.61. The number of benzene rings is 2. The van der Waals surface area contributed by atoms with Crippen LogP contribution in [0.5, 0.6) is 5.75 Å². The first-order valence-electron chi connectivity index (χ1n) is 10.5. The zero-order valence-corrected chi connectivity index (χ0v) is 19.9. The zero-order chi connectivity index (χ0) is 23.8. The van der Waals surface area contributed by atoms with Crippen molar-refractivity contribution in [1.82, 2.24) is 0 Å². The Morgan fingerprint density at radius 1 is 1.12 bits per heavy atom. The number of thioether (sulfide) groups is 1. The Morgan fingerprint density at radius 3 is 2.58 bits per heavy atom. The Kier molecular flexibility index (Phi) is 8.74. The second kappa shape index (κ2) is 11.7. The quantitative estimate of drug-likeness (QED) is 0.454. The minimum atomic E-state index is -0.725. The summed E-state index contributed by atoms with van der Waals surface area (Å²) in [5, 5.41) is 11.5. The first-order chi connectivity index (χ1) is 15.9. The molecular formula is C25H24ClNO5S. The van der Waals surface area contributed by atoms with Gasteiger partial charge >= 0.3 is 5.97 Å². The van der Waals surface area contributed by atoms with Crippen molar-refractivity contribution in [3.8, 4) is 5.75 Å². The summed E-state index contributed by atoms with van der Waals surface area (Å²) in [6.07, 6.45) is 2.57. The van der Waals surface area contributed by atoms with Crippen LogP contribution >= 0.6 is 23.4 Å². The van der Waals surface area contributed by atoms with E-state index in [1.165, 1.54) is 0 Å². The molecule has 172 valence electrons. The Labute approximate surface area is 202 Å². The second-order valence-corrected chi connectivity index (χ2v) is 8.47. The molecule has 0 bridgehead atoms. The van der Waals surface area contributed by atoms with Gasteiger partial charge in [-0.15, -0.1) is 0 Å².